The number of carbonyl (C=O) groups excluding carboxylic acids is 2. The fraction of sp³-hybridized carbons (Fsp3) is 0.556. The lowest BCUT2D eigenvalue weighted by atomic mass is 10.1. The number of methoxy groups -OCH3 is 1. The lowest BCUT2D eigenvalue weighted by Gasteiger charge is -2.33. The van der Waals surface area contributed by atoms with E-state index in [0.29, 0.717) is 42.3 Å². The lowest BCUT2D eigenvalue weighted by Crippen LogP contribution is -2.44. The average Bonchev–Trinajstić information content (AvgIpc) is 2.55. The molecule has 1 fully saturated rings. The quantitative estimate of drug-likeness (QED) is 0.756. The smallest absolute Gasteiger partial charge is 0.410 e. The average molecular weight is 370 g/mol. The summed E-state index contributed by atoms with van der Waals surface area (Å²) in [6.45, 7) is 6.68. The maximum absolute atomic E-state index is 12.1. The molecule has 0 N–H and O–H groups in total. The highest BCUT2D eigenvalue weighted by Gasteiger charge is 2.28. The van der Waals surface area contributed by atoms with Gasteiger partial charge >= 0.3 is 12.1 Å². The van der Waals surface area contributed by atoms with Crippen molar-refractivity contribution in [3.63, 3.8) is 0 Å². The number of rotatable bonds is 3. The molecule has 1 saturated heterocycles. The highest BCUT2D eigenvalue weighted by Crippen LogP contribution is 2.29. The van der Waals surface area contributed by atoms with Gasteiger partial charge in [-0.1, -0.05) is 11.6 Å². The van der Waals surface area contributed by atoms with E-state index in [1.807, 2.05) is 20.8 Å². The minimum Gasteiger partial charge on any atom is -0.489 e. The molecule has 0 atom stereocenters. The van der Waals surface area contributed by atoms with E-state index in [4.69, 9.17) is 21.1 Å². The summed E-state index contributed by atoms with van der Waals surface area (Å²) in [5.74, 6) is 0.0733. The van der Waals surface area contributed by atoms with Gasteiger partial charge in [-0.2, -0.15) is 0 Å². The highest BCUT2D eigenvalue weighted by molar-refractivity contribution is 6.32. The Bertz CT molecular complexity index is 633. The van der Waals surface area contributed by atoms with Crippen molar-refractivity contribution in [2.24, 2.45) is 0 Å². The summed E-state index contributed by atoms with van der Waals surface area (Å²) in [5.41, 5.74) is -0.126. The monoisotopic (exact) mass is 369 g/mol. The molecule has 0 saturated carbocycles. The van der Waals surface area contributed by atoms with Gasteiger partial charge in [0.15, 0.2) is 0 Å². The summed E-state index contributed by atoms with van der Waals surface area (Å²) in [4.78, 5) is 25.2. The number of amides is 1. The van der Waals surface area contributed by atoms with Crippen LogP contribution in [0.25, 0.3) is 0 Å². The van der Waals surface area contributed by atoms with Gasteiger partial charge in [0.05, 0.1) is 17.7 Å². The molecule has 1 aromatic rings. The number of piperidine rings is 1. The maximum atomic E-state index is 12.1. The van der Waals surface area contributed by atoms with Crippen LogP contribution < -0.4 is 4.74 Å². The van der Waals surface area contributed by atoms with E-state index in [0.717, 1.165) is 0 Å². The first-order valence-corrected chi connectivity index (χ1v) is 8.60. The standard InChI is InChI=1S/C18H24ClNO5/c1-18(2,3)25-17(22)20-9-7-13(8-10-20)24-15-6-5-12(11-14(15)19)16(21)23-4/h5-6,11,13H,7-10H2,1-4H3. The van der Waals surface area contributed by atoms with E-state index in [2.05, 4.69) is 4.74 Å². The Morgan fingerprint density at radius 2 is 1.84 bits per heavy atom. The molecule has 138 valence electrons. The van der Waals surface area contributed by atoms with Crippen LogP contribution in [0.2, 0.25) is 5.02 Å². The fourth-order valence-corrected chi connectivity index (χ4v) is 2.73. The van der Waals surface area contributed by atoms with Crippen molar-refractivity contribution in [1.82, 2.24) is 4.90 Å². The Labute approximate surface area is 153 Å². The Hall–Kier alpha value is -1.95. The largest absolute Gasteiger partial charge is 0.489 e. The van der Waals surface area contributed by atoms with E-state index in [1.54, 1.807) is 17.0 Å². The van der Waals surface area contributed by atoms with Crippen LogP contribution in [0.4, 0.5) is 4.79 Å². The molecule has 0 aliphatic carbocycles. The molecule has 0 radical (unpaired) electrons. The minimum absolute atomic E-state index is 0.0415. The van der Waals surface area contributed by atoms with Crippen molar-refractivity contribution in [3.05, 3.63) is 28.8 Å². The normalized spacial score (nSPS) is 15.6. The Kier molecular flexibility index (Phi) is 6.16. The first kappa shape index (κ1) is 19.4. The second-order valence-corrected chi connectivity index (χ2v) is 7.33. The van der Waals surface area contributed by atoms with Crippen LogP contribution in [0, 0.1) is 0 Å². The molecule has 25 heavy (non-hydrogen) atoms. The highest BCUT2D eigenvalue weighted by atomic mass is 35.5. The van der Waals surface area contributed by atoms with E-state index >= 15 is 0 Å². The summed E-state index contributed by atoms with van der Waals surface area (Å²) in [5, 5.41) is 0.359. The third-order valence-electron chi connectivity index (χ3n) is 3.74. The van der Waals surface area contributed by atoms with Crippen molar-refractivity contribution in [2.45, 2.75) is 45.3 Å². The van der Waals surface area contributed by atoms with Gasteiger partial charge in [-0.05, 0) is 39.0 Å². The Morgan fingerprint density at radius 1 is 1.20 bits per heavy atom. The molecule has 1 heterocycles. The predicted molar refractivity (Wildman–Crippen MR) is 94.2 cm³/mol. The number of benzene rings is 1. The number of carbonyl (C=O) groups is 2. The second kappa shape index (κ2) is 7.95. The molecule has 7 heteroatoms. The van der Waals surface area contributed by atoms with Gasteiger partial charge in [0.2, 0.25) is 0 Å². The number of ether oxygens (including phenoxy) is 3. The SMILES string of the molecule is COC(=O)c1ccc(OC2CCN(C(=O)OC(C)(C)C)CC2)c(Cl)c1. The van der Waals surface area contributed by atoms with Gasteiger partial charge in [0, 0.05) is 25.9 Å². The Balaban J connectivity index is 1.90. The number of hydrogen-bond donors (Lipinski definition) is 0. The van der Waals surface area contributed by atoms with Gasteiger partial charge in [0.25, 0.3) is 0 Å². The number of halogens is 1. The van der Waals surface area contributed by atoms with E-state index in [9.17, 15) is 9.59 Å². The molecule has 0 unspecified atom stereocenters. The summed E-state index contributed by atoms with van der Waals surface area (Å²) < 4.78 is 16.0. The molecule has 0 spiro atoms. The predicted octanol–water partition coefficient (Wildman–Crippen LogP) is 3.90. The molecule has 0 aromatic heterocycles. The third kappa shape index (κ3) is 5.53. The number of likely N-dealkylation sites (tertiary alicyclic amines) is 1. The molecule has 0 bridgehead atoms. The number of esters is 1. The molecule has 1 aliphatic rings. The van der Waals surface area contributed by atoms with Gasteiger partial charge in [0.1, 0.15) is 17.5 Å². The lowest BCUT2D eigenvalue weighted by molar-refractivity contribution is 0.0126. The van der Waals surface area contributed by atoms with Crippen LogP contribution in [-0.2, 0) is 9.47 Å². The van der Waals surface area contributed by atoms with Crippen molar-refractivity contribution < 1.29 is 23.8 Å². The summed E-state index contributed by atoms with van der Waals surface area (Å²) in [6, 6.07) is 4.80. The summed E-state index contributed by atoms with van der Waals surface area (Å²) >= 11 is 6.18. The zero-order valence-electron chi connectivity index (χ0n) is 15.0. The van der Waals surface area contributed by atoms with Crippen LogP contribution in [0.15, 0.2) is 18.2 Å². The zero-order chi connectivity index (χ0) is 18.6. The van der Waals surface area contributed by atoms with Crippen molar-refractivity contribution in [1.29, 1.82) is 0 Å². The molecular weight excluding hydrogens is 346 g/mol. The topological polar surface area (TPSA) is 65.1 Å². The van der Waals surface area contributed by atoms with Crippen LogP contribution in [0.1, 0.15) is 44.0 Å². The first-order valence-electron chi connectivity index (χ1n) is 8.22. The van der Waals surface area contributed by atoms with Crippen molar-refractivity contribution in [2.75, 3.05) is 20.2 Å². The maximum Gasteiger partial charge on any atom is 0.410 e. The van der Waals surface area contributed by atoms with Crippen molar-refractivity contribution >= 4 is 23.7 Å². The third-order valence-corrected chi connectivity index (χ3v) is 4.04. The molecule has 1 amide bonds. The summed E-state index contributed by atoms with van der Waals surface area (Å²) in [7, 11) is 1.32. The minimum atomic E-state index is -0.501. The molecular formula is C18H24ClNO5. The fourth-order valence-electron chi connectivity index (χ4n) is 2.50. The van der Waals surface area contributed by atoms with Crippen LogP contribution >= 0.6 is 11.6 Å². The van der Waals surface area contributed by atoms with Crippen molar-refractivity contribution in [3.8, 4) is 5.75 Å². The van der Waals surface area contributed by atoms with Gasteiger partial charge < -0.3 is 19.1 Å². The first-order chi connectivity index (χ1) is 11.7. The molecule has 1 aliphatic heterocycles. The molecule has 1 aromatic carbocycles. The van der Waals surface area contributed by atoms with Gasteiger partial charge in [-0.3, -0.25) is 0 Å². The zero-order valence-corrected chi connectivity index (χ0v) is 15.8. The summed E-state index contributed by atoms with van der Waals surface area (Å²) in [6.07, 6.45) is 1.04. The van der Waals surface area contributed by atoms with E-state index in [1.165, 1.54) is 13.2 Å². The van der Waals surface area contributed by atoms with Gasteiger partial charge in [-0.15, -0.1) is 0 Å². The molecule has 6 nitrogen and oxygen atoms in total. The van der Waals surface area contributed by atoms with Crippen LogP contribution in [0.3, 0.4) is 0 Å². The molecule has 2 rings (SSSR count). The Morgan fingerprint density at radius 3 is 2.36 bits per heavy atom. The second-order valence-electron chi connectivity index (χ2n) is 6.92. The van der Waals surface area contributed by atoms with Crippen LogP contribution in [-0.4, -0.2) is 48.9 Å². The number of nitrogens with zero attached hydrogens (tertiary/aromatic N) is 1. The van der Waals surface area contributed by atoms with E-state index < -0.39 is 11.6 Å². The van der Waals surface area contributed by atoms with Gasteiger partial charge in [-0.25, -0.2) is 9.59 Å². The van der Waals surface area contributed by atoms with E-state index in [-0.39, 0.29) is 12.2 Å². The van der Waals surface area contributed by atoms with Crippen LogP contribution in [0.5, 0.6) is 5.75 Å². The number of hydrogen-bond acceptors (Lipinski definition) is 5.